The van der Waals surface area contributed by atoms with Crippen LogP contribution in [0.25, 0.3) is 0 Å². The molecule has 1 fully saturated rings. The van der Waals surface area contributed by atoms with Gasteiger partial charge in [0, 0.05) is 11.5 Å². The summed E-state index contributed by atoms with van der Waals surface area (Å²) in [5.41, 5.74) is 6.73. The zero-order valence-electron chi connectivity index (χ0n) is 18.8. The number of β-lactam (4-membered cyclic amide) rings is 1. The van der Waals surface area contributed by atoms with Crippen molar-refractivity contribution in [1.29, 1.82) is 0 Å². The highest BCUT2D eigenvalue weighted by Gasteiger charge is 2.54. The SMILES string of the molecule is CCOC(=O)c1n[nH]nc1SCC1=C(C(=O)O)N2C(=O)C(NC(=O)C(N)c3ccc(O)cc3)[C@H]2SC1. The Kier molecular flexibility index (Phi) is 7.51. The molecule has 0 aliphatic carbocycles. The number of phenols is 1. The van der Waals surface area contributed by atoms with Crippen molar-refractivity contribution < 1.29 is 34.1 Å². The minimum Gasteiger partial charge on any atom is -0.508 e. The molecule has 3 atom stereocenters. The first-order chi connectivity index (χ1) is 17.2. The van der Waals surface area contributed by atoms with Gasteiger partial charge in [-0.05, 0) is 30.2 Å². The number of amides is 2. The van der Waals surface area contributed by atoms with Gasteiger partial charge in [-0.15, -0.1) is 22.0 Å². The quantitative estimate of drug-likeness (QED) is 0.167. The van der Waals surface area contributed by atoms with E-state index in [-0.39, 0.29) is 40.3 Å². The van der Waals surface area contributed by atoms with Gasteiger partial charge < -0.3 is 26.0 Å². The van der Waals surface area contributed by atoms with Crippen LogP contribution in [0.5, 0.6) is 5.75 Å². The molecule has 2 aliphatic rings. The van der Waals surface area contributed by atoms with Gasteiger partial charge in [-0.1, -0.05) is 23.9 Å². The highest BCUT2D eigenvalue weighted by molar-refractivity contribution is 8.01. The second kappa shape index (κ2) is 10.6. The van der Waals surface area contributed by atoms with Crippen molar-refractivity contribution in [2.75, 3.05) is 18.1 Å². The summed E-state index contributed by atoms with van der Waals surface area (Å²) in [5, 5.41) is 31.6. The lowest BCUT2D eigenvalue weighted by Gasteiger charge is -2.49. The van der Waals surface area contributed by atoms with E-state index in [2.05, 4.69) is 20.7 Å². The van der Waals surface area contributed by atoms with E-state index in [1.165, 1.54) is 36.0 Å². The number of H-pyrrole nitrogens is 1. The monoisotopic (exact) mass is 534 g/mol. The minimum absolute atomic E-state index is 0.00608. The fraction of sp³-hybridized carbons (Fsp3) is 0.333. The smallest absolute Gasteiger partial charge is 0.361 e. The van der Waals surface area contributed by atoms with Crippen LogP contribution in [-0.4, -0.2) is 83.8 Å². The molecular weight excluding hydrogens is 512 g/mol. The van der Waals surface area contributed by atoms with Crippen molar-refractivity contribution in [2.45, 2.75) is 29.4 Å². The molecule has 2 amide bonds. The van der Waals surface area contributed by atoms with Gasteiger partial charge in [0.15, 0.2) is 5.03 Å². The Balaban J connectivity index is 1.45. The first-order valence-corrected chi connectivity index (χ1v) is 12.7. The number of phenolic OH excluding ortho intramolecular Hbond substituents is 1. The summed E-state index contributed by atoms with van der Waals surface area (Å²) in [6.45, 7) is 1.82. The number of benzene rings is 1. The molecule has 1 saturated heterocycles. The van der Waals surface area contributed by atoms with Crippen molar-refractivity contribution in [3.05, 3.63) is 46.8 Å². The molecule has 1 aromatic carbocycles. The van der Waals surface area contributed by atoms with Crippen molar-refractivity contribution >= 4 is 47.3 Å². The number of hydrogen-bond donors (Lipinski definition) is 5. The number of thioether (sulfide) groups is 2. The normalized spacial score (nSPS) is 19.8. The van der Waals surface area contributed by atoms with Crippen LogP contribution in [0, 0.1) is 0 Å². The zero-order valence-corrected chi connectivity index (χ0v) is 20.5. The number of ether oxygens (including phenoxy) is 1. The Morgan fingerprint density at radius 1 is 1.33 bits per heavy atom. The number of aromatic hydroxyl groups is 1. The average molecular weight is 535 g/mol. The molecule has 0 radical (unpaired) electrons. The van der Waals surface area contributed by atoms with E-state index in [0.29, 0.717) is 11.1 Å². The first kappa shape index (κ1) is 25.5. The maximum atomic E-state index is 12.9. The number of nitrogens with zero attached hydrogens (tertiary/aromatic N) is 3. The molecule has 0 saturated carbocycles. The van der Waals surface area contributed by atoms with Gasteiger partial charge in [0.2, 0.25) is 11.6 Å². The van der Waals surface area contributed by atoms with Crippen molar-refractivity contribution in [3.8, 4) is 5.75 Å². The Bertz CT molecular complexity index is 1230. The number of carbonyl (C=O) groups is 4. The molecule has 0 bridgehead atoms. The number of rotatable bonds is 9. The van der Waals surface area contributed by atoms with E-state index in [0.717, 1.165) is 16.7 Å². The predicted octanol–water partition coefficient (Wildman–Crippen LogP) is 0.218. The number of carboxylic acids is 1. The summed E-state index contributed by atoms with van der Waals surface area (Å²) in [6, 6.07) is 3.79. The number of carbonyl (C=O) groups excluding carboxylic acids is 3. The summed E-state index contributed by atoms with van der Waals surface area (Å²) >= 11 is 2.40. The molecule has 2 unspecified atom stereocenters. The summed E-state index contributed by atoms with van der Waals surface area (Å²) in [6.07, 6.45) is 0. The predicted molar refractivity (Wildman–Crippen MR) is 128 cm³/mol. The van der Waals surface area contributed by atoms with Crippen molar-refractivity contribution in [1.82, 2.24) is 25.6 Å². The van der Waals surface area contributed by atoms with Crippen LogP contribution in [0.4, 0.5) is 0 Å². The van der Waals surface area contributed by atoms with Gasteiger partial charge in [0.1, 0.15) is 28.9 Å². The number of nitrogens with two attached hydrogens (primary N) is 1. The Hall–Kier alpha value is -3.56. The topological polar surface area (TPSA) is 201 Å². The van der Waals surface area contributed by atoms with Crippen LogP contribution >= 0.6 is 23.5 Å². The van der Waals surface area contributed by atoms with Crippen LogP contribution in [-0.2, 0) is 19.1 Å². The van der Waals surface area contributed by atoms with Crippen LogP contribution in [0.15, 0.2) is 40.6 Å². The molecule has 2 aliphatic heterocycles. The summed E-state index contributed by atoms with van der Waals surface area (Å²) in [4.78, 5) is 50.7. The number of fused-ring (bicyclic) bond motifs is 1. The van der Waals surface area contributed by atoms with Crippen molar-refractivity contribution in [3.63, 3.8) is 0 Å². The highest BCUT2D eigenvalue weighted by Crippen LogP contribution is 2.41. The third-order valence-electron chi connectivity index (χ3n) is 5.45. The maximum absolute atomic E-state index is 12.9. The molecule has 4 rings (SSSR count). The number of carboxylic acid groups (broad SMARTS) is 1. The minimum atomic E-state index is -1.28. The molecule has 1 aromatic heterocycles. The number of hydrogen-bond acceptors (Lipinski definition) is 11. The zero-order chi connectivity index (χ0) is 26.0. The van der Waals surface area contributed by atoms with Gasteiger partial charge in [0.05, 0.1) is 6.61 Å². The Morgan fingerprint density at radius 3 is 2.72 bits per heavy atom. The third-order valence-corrected chi connectivity index (χ3v) is 7.84. The maximum Gasteiger partial charge on any atom is 0.361 e. The molecule has 15 heteroatoms. The molecule has 3 heterocycles. The largest absolute Gasteiger partial charge is 0.508 e. The second-order valence-corrected chi connectivity index (χ2v) is 9.78. The second-order valence-electron chi connectivity index (χ2n) is 7.71. The number of aliphatic carboxylic acids is 1. The lowest BCUT2D eigenvalue weighted by atomic mass is 10.0. The molecule has 6 N–H and O–H groups in total. The Morgan fingerprint density at radius 2 is 2.06 bits per heavy atom. The number of aromatic amines is 1. The lowest BCUT2D eigenvalue weighted by Crippen LogP contribution is -2.71. The van der Waals surface area contributed by atoms with Gasteiger partial charge in [-0.3, -0.25) is 14.5 Å². The average Bonchev–Trinajstić information content (AvgIpc) is 3.34. The fourth-order valence-electron chi connectivity index (χ4n) is 3.68. The molecule has 36 heavy (non-hydrogen) atoms. The number of esters is 1. The first-order valence-electron chi connectivity index (χ1n) is 10.7. The van der Waals surface area contributed by atoms with Crippen LogP contribution in [0.1, 0.15) is 29.0 Å². The summed E-state index contributed by atoms with van der Waals surface area (Å²) in [7, 11) is 0. The van der Waals surface area contributed by atoms with Gasteiger partial charge >= 0.3 is 11.9 Å². The highest BCUT2D eigenvalue weighted by atomic mass is 32.2. The summed E-state index contributed by atoms with van der Waals surface area (Å²) < 4.78 is 4.93. The van der Waals surface area contributed by atoms with Crippen LogP contribution in [0.2, 0.25) is 0 Å². The van der Waals surface area contributed by atoms with E-state index in [1.807, 2.05) is 0 Å². The van der Waals surface area contributed by atoms with Crippen LogP contribution < -0.4 is 11.1 Å². The third kappa shape index (κ3) is 4.89. The standard InChI is InChI=1S/C21H22N6O7S2/c1-2-34-21(33)13-17(25-26-24-13)35-7-10-8-36-19-14(18(30)27(19)15(10)20(31)32)23-16(29)12(22)9-3-5-11(28)6-4-9/h3-6,12,14,19,28H,2,7-8,22H2,1H3,(H,23,29)(H,31,32)(H,24,25,26)/t12?,14?,19-/m1/s1. The van der Waals surface area contributed by atoms with Gasteiger partial charge in [0.25, 0.3) is 5.91 Å². The van der Waals surface area contributed by atoms with E-state index < -0.39 is 41.2 Å². The summed E-state index contributed by atoms with van der Waals surface area (Å²) in [5.74, 6) is -2.64. The molecule has 190 valence electrons. The Labute approximate surface area is 212 Å². The van der Waals surface area contributed by atoms with E-state index >= 15 is 0 Å². The molecular formula is C21H22N6O7S2. The van der Waals surface area contributed by atoms with E-state index in [9.17, 15) is 29.4 Å². The van der Waals surface area contributed by atoms with Crippen LogP contribution in [0.3, 0.4) is 0 Å². The van der Waals surface area contributed by atoms with E-state index in [1.54, 1.807) is 6.92 Å². The lowest BCUT2D eigenvalue weighted by molar-refractivity contribution is -0.150. The molecule has 13 nitrogen and oxygen atoms in total. The number of nitrogens with one attached hydrogen (secondary N) is 2. The number of aromatic nitrogens is 3. The molecule has 0 spiro atoms. The van der Waals surface area contributed by atoms with Crippen molar-refractivity contribution in [2.24, 2.45) is 5.73 Å². The molecule has 2 aromatic rings. The fourth-order valence-corrected chi connectivity index (χ4v) is 6.08. The van der Waals surface area contributed by atoms with Gasteiger partial charge in [-0.2, -0.15) is 5.21 Å². The van der Waals surface area contributed by atoms with Gasteiger partial charge in [-0.25, -0.2) is 9.59 Å². The van der Waals surface area contributed by atoms with E-state index in [4.69, 9.17) is 10.5 Å².